The van der Waals surface area contributed by atoms with Crippen molar-refractivity contribution in [2.24, 2.45) is 0 Å². The van der Waals surface area contributed by atoms with Crippen LogP contribution in [-0.4, -0.2) is 10.2 Å². The van der Waals surface area contributed by atoms with E-state index in [2.05, 4.69) is 12.2 Å². The number of furan rings is 1. The fourth-order valence-electron chi connectivity index (χ4n) is 3.73. The lowest BCUT2D eigenvalue weighted by Gasteiger charge is -2.20. The molecule has 0 aliphatic carbocycles. The third-order valence-corrected chi connectivity index (χ3v) is 5.31. The fraction of sp³-hybridized carbons (Fsp3) is 0.280. The van der Waals surface area contributed by atoms with Crippen LogP contribution in [0.15, 0.2) is 52.0 Å². The first-order chi connectivity index (χ1) is 13.9. The Balaban J connectivity index is 1.90. The first kappa shape index (κ1) is 19.2. The minimum atomic E-state index is 0.225. The molecule has 150 valence electrons. The van der Waals surface area contributed by atoms with Gasteiger partial charge >= 0.3 is 0 Å². The van der Waals surface area contributed by atoms with E-state index in [1.807, 2.05) is 39.8 Å². The van der Waals surface area contributed by atoms with Crippen molar-refractivity contribution >= 4 is 11.0 Å². The Labute approximate surface area is 170 Å². The summed E-state index contributed by atoms with van der Waals surface area (Å²) in [6, 6.07) is 7.14. The summed E-state index contributed by atoms with van der Waals surface area (Å²) in [5.41, 5.74) is 6.43. The Kier molecular flexibility index (Phi) is 4.87. The molecule has 0 spiro atoms. The van der Waals surface area contributed by atoms with Crippen LogP contribution in [0.3, 0.4) is 0 Å². The van der Waals surface area contributed by atoms with Gasteiger partial charge in [-0.1, -0.05) is 23.3 Å². The third kappa shape index (κ3) is 3.39. The highest BCUT2D eigenvalue weighted by Crippen LogP contribution is 2.47. The monoisotopic (exact) mass is 390 g/mol. The Morgan fingerprint density at radius 2 is 1.52 bits per heavy atom. The van der Waals surface area contributed by atoms with Gasteiger partial charge in [0.2, 0.25) is 0 Å². The molecule has 2 N–H and O–H groups in total. The van der Waals surface area contributed by atoms with E-state index >= 15 is 0 Å². The van der Waals surface area contributed by atoms with Crippen molar-refractivity contribution in [3.8, 4) is 28.6 Å². The van der Waals surface area contributed by atoms with Crippen molar-refractivity contribution in [2.75, 3.05) is 0 Å². The predicted molar refractivity (Wildman–Crippen MR) is 116 cm³/mol. The molecule has 4 heteroatoms. The topological polar surface area (TPSA) is 62.8 Å². The van der Waals surface area contributed by atoms with Gasteiger partial charge in [0.05, 0.1) is 5.56 Å². The first-order valence-electron chi connectivity index (χ1n) is 9.87. The van der Waals surface area contributed by atoms with Crippen molar-refractivity contribution in [2.45, 2.75) is 47.1 Å². The minimum Gasteiger partial charge on any atom is -0.508 e. The normalized spacial score (nSPS) is 12.1. The molecule has 0 bridgehead atoms. The zero-order valence-corrected chi connectivity index (χ0v) is 17.3. The second kappa shape index (κ2) is 7.36. The van der Waals surface area contributed by atoms with Gasteiger partial charge in [0.1, 0.15) is 35.2 Å². The number of rotatable bonds is 4. The summed E-state index contributed by atoms with van der Waals surface area (Å²) in [6.07, 6.45) is 5.35. The molecule has 3 aromatic rings. The summed E-state index contributed by atoms with van der Waals surface area (Å²) in [4.78, 5) is 0. The maximum Gasteiger partial charge on any atom is 0.145 e. The molecular weight excluding hydrogens is 364 g/mol. The highest BCUT2D eigenvalue weighted by Gasteiger charge is 2.28. The molecule has 0 saturated heterocycles. The molecule has 2 heterocycles. The Morgan fingerprint density at radius 3 is 2.21 bits per heavy atom. The number of allylic oxidation sites excluding steroid dienone is 4. The summed E-state index contributed by atoms with van der Waals surface area (Å²) in [5.74, 6) is 1.88. The van der Waals surface area contributed by atoms with Gasteiger partial charge in [-0.05, 0) is 64.8 Å². The molecule has 0 atom stereocenters. The van der Waals surface area contributed by atoms with Crippen molar-refractivity contribution in [1.29, 1.82) is 0 Å². The third-order valence-electron chi connectivity index (χ3n) is 5.31. The number of hydrogen-bond acceptors (Lipinski definition) is 4. The van der Waals surface area contributed by atoms with Crippen LogP contribution in [-0.2, 0) is 19.4 Å². The van der Waals surface area contributed by atoms with E-state index in [0.29, 0.717) is 30.8 Å². The van der Waals surface area contributed by atoms with E-state index in [-0.39, 0.29) is 11.5 Å². The molecule has 0 radical (unpaired) electrons. The van der Waals surface area contributed by atoms with Crippen LogP contribution >= 0.6 is 0 Å². The molecule has 0 unspecified atom stereocenters. The molecule has 0 saturated carbocycles. The number of aromatic hydroxyl groups is 2. The van der Waals surface area contributed by atoms with E-state index in [4.69, 9.17) is 9.15 Å². The van der Waals surface area contributed by atoms with Crippen LogP contribution in [0.25, 0.3) is 22.3 Å². The summed E-state index contributed by atoms with van der Waals surface area (Å²) >= 11 is 0. The number of ether oxygens (including phenoxy) is 1. The van der Waals surface area contributed by atoms with Crippen molar-refractivity contribution in [3.63, 3.8) is 0 Å². The van der Waals surface area contributed by atoms with Crippen molar-refractivity contribution in [1.82, 2.24) is 0 Å². The average molecular weight is 390 g/mol. The van der Waals surface area contributed by atoms with Gasteiger partial charge in [-0.3, -0.25) is 0 Å². The summed E-state index contributed by atoms with van der Waals surface area (Å²) in [6.45, 7) is 8.51. The minimum absolute atomic E-state index is 0.225. The lowest BCUT2D eigenvalue weighted by Crippen LogP contribution is -2.06. The van der Waals surface area contributed by atoms with Gasteiger partial charge in [-0.25, -0.2) is 0 Å². The fourth-order valence-corrected chi connectivity index (χ4v) is 3.73. The zero-order valence-electron chi connectivity index (χ0n) is 17.3. The van der Waals surface area contributed by atoms with Gasteiger partial charge in [0.25, 0.3) is 0 Å². The van der Waals surface area contributed by atoms with Gasteiger partial charge in [-0.2, -0.15) is 0 Å². The SMILES string of the molecule is CC(C)=CCc1c(O)ccc2c1OCc1c-2oc2c(CC=C(C)C)c(O)ccc12. The van der Waals surface area contributed by atoms with E-state index < -0.39 is 0 Å². The van der Waals surface area contributed by atoms with E-state index in [9.17, 15) is 10.2 Å². The Bertz CT molecular complexity index is 1150. The summed E-state index contributed by atoms with van der Waals surface area (Å²) in [5, 5.41) is 21.8. The van der Waals surface area contributed by atoms with Gasteiger partial charge < -0.3 is 19.4 Å². The van der Waals surface area contributed by atoms with Crippen LogP contribution in [0.1, 0.15) is 44.4 Å². The molecule has 4 nitrogen and oxygen atoms in total. The second-order valence-corrected chi connectivity index (χ2v) is 8.05. The second-order valence-electron chi connectivity index (χ2n) is 8.05. The van der Waals surface area contributed by atoms with Crippen LogP contribution < -0.4 is 4.74 Å². The van der Waals surface area contributed by atoms with Crippen LogP contribution in [0, 0.1) is 0 Å². The van der Waals surface area contributed by atoms with Crippen molar-refractivity contribution < 1.29 is 19.4 Å². The van der Waals surface area contributed by atoms with E-state index in [1.54, 1.807) is 12.1 Å². The number of hydrogen-bond donors (Lipinski definition) is 2. The molecule has 4 rings (SSSR count). The average Bonchev–Trinajstić information content (AvgIpc) is 3.04. The number of phenols is 2. The summed E-state index contributed by atoms with van der Waals surface area (Å²) < 4.78 is 12.4. The summed E-state index contributed by atoms with van der Waals surface area (Å²) in [7, 11) is 0. The Hall–Kier alpha value is -3.14. The predicted octanol–water partition coefficient (Wildman–Crippen LogP) is 6.42. The van der Waals surface area contributed by atoms with Gasteiger partial charge in [0.15, 0.2) is 0 Å². The van der Waals surface area contributed by atoms with Crippen molar-refractivity contribution in [3.05, 3.63) is 64.3 Å². The molecule has 0 fully saturated rings. The molecule has 1 aliphatic heterocycles. The molecule has 2 aromatic carbocycles. The lowest BCUT2D eigenvalue weighted by atomic mass is 9.97. The van der Waals surface area contributed by atoms with E-state index in [1.165, 1.54) is 11.1 Å². The van der Waals surface area contributed by atoms with E-state index in [0.717, 1.165) is 33.4 Å². The highest BCUT2D eigenvalue weighted by molar-refractivity contribution is 5.93. The molecule has 29 heavy (non-hydrogen) atoms. The quantitative estimate of drug-likeness (QED) is 0.505. The van der Waals surface area contributed by atoms with Crippen LogP contribution in [0.4, 0.5) is 0 Å². The Morgan fingerprint density at radius 1 is 0.897 bits per heavy atom. The molecule has 0 amide bonds. The van der Waals surface area contributed by atoms with Crippen LogP contribution in [0.5, 0.6) is 17.2 Å². The molecular formula is C25H26O4. The molecule has 1 aromatic heterocycles. The smallest absolute Gasteiger partial charge is 0.145 e. The largest absolute Gasteiger partial charge is 0.508 e. The number of fused-ring (bicyclic) bond motifs is 5. The standard InChI is InChI=1S/C25H26O4/c1-14(2)5-7-17-21(26)12-10-19-23(17)28-13-20-16-9-11-22(27)18(8-6-15(3)4)24(16)29-25(19)20/h5-6,9-12,26-27H,7-8,13H2,1-4H3. The highest BCUT2D eigenvalue weighted by atomic mass is 16.5. The maximum atomic E-state index is 10.4. The maximum absolute atomic E-state index is 10.4. The van der Waals surface area contributed by atoms with Gasteiger partial charge in [-0.15, -0.1) is 0 Å². The van der Waals surface area contributed by atoms with Crippen LogP contribution in [0.2, 0.25) is 0 Å². The zero-order chi connectivity index (χ0) is 20.7. The molecule has 1 aliphatic rings. The number of phenolic OH excluding ortho intramolecular Hbond substituents is 2. The lowest BCUT2D eigenvalue weighted by molar-refractivity contribution is 0.295. The first-order valence-corrected chi connectivity index (χ1v) is 9.87. The number of benzene rings is 2. The van der Waals surface area contributed by atoms with Gasteiger partial charge in [0, 0.05) is 22.1 Å².